The monoisotopic (exact) mass is 420 g/mol. The Bertz CT molecular complexity index is 1220. The third-order valence-electron chi connectivity index (χ3n) is 5.84. The summed E-state index contributed by atoms with van der Waals surface area (Å²) < 4.78 is 5.94. The van der Waals surface area contributed by atoms with E-state index in [4.69, 9.17) is 4.74 Å². The molecule has 4 rings (SSSR count). The molecular weight excluding hydrogens is 396 g/mol. The number of Topliss-reactive ketones (excluding diaryl/α,β-unsaturated/α-hetero) is 1. The SMILES string of the molecule is O=C(Cn1[nH]c(=O)c2ccccc2c1=O)OCC(=O)c1ccc(C2CCCCC2)cc1. The highest BCUT2D eigenvalue weighted by Crippen LogP contribution is 2.32. The van der Waals surface area contributed by atoms with E-state index in [1.165, 1.54) is 49.8 Å². The highest BCUT2D eigenvalue weighted by molar-refractivity contribution is 5.98. The van der Waals surface area contributed by atoms with E-state index in [-0.39, 0.29) is 16.6 Å². The summed E-state index contributed by atoms with van der Waals surface area (Å²) in [6.45, 7) is -0.902. The lowest BCUT2D eigenvalue weighted by Gasteiger charge is -2.22. The Morgan fingerprint density at radius 2 is 1.61 bits per heavy atom. The summed E-state index contributed by atoms with van der Waals surface area (Å²) in [6.07, 6.45) is 6.14. The van der Waals surface area contributed by atoms with Crippen molar-refractivity contribution in [1.29, 1.82) is 0 Å². The van der Waals surface area contributed by atoms with Crippen molar-refractivity contribution in [3.8, 4) is 0 Å². The van der Waals surface area contributed by atoms with Gasteiger partial charge in [0, 0.05) is 5.56 Å². The molecule has 1 aromatic heterocycles. The van der Waals surface area contributed by atoms with Gasteiger partial charge in [0.25, 0.3) is 11.1 Å². The number of ketones is 1. The van der Waals surface area contributed by atoms with Crippen LogP contribution in [0.25, 0.3) is 10.8 Å². The van der Waals surface area contributed by atoms with E-state index in [1.54, 1.807) is 24.3 Å². The zero-order valence-electron chi connectivity index (χ0n) is 17.1. The number of carbonyl (C=O) groups excluding carboxylic acids is 2. The Hall–Kier alpha value is -3.48. The number of fused-ring (bicyclic) bond motifs is 1. The number of nitrogens with one attached hydrogen (secondary N) is 1. The Morgan fingerprint density at radius 3 is 2.32 bits per heavy atom. The Kier molecular flexibility index (Phi) is 6.11. The van der Waals surface area contributed by atoms with Crippen LogP contribution in [0.4, 0.5) is 0 Å². The number of carbonyl (C=O) groups is 2. The summed E-state index contributed by atoms with van der Waals surface area (Å²) in [7, 11) is 0. The highest BCUT2D eigenvalue weighted by atomic mass is 16.5. The lowest BCUT2D eigenvalue weighted by Crippen LogP contribution is -2.33. The number of nitrogens with zero attached hydrogens (tertiary/aromatic N) is 1. The molecule has 0 saturated heterocycles. The van der Waals surface area contributed by atoms with Crippen molar-refractivity contribution < 1.29 is 14.3 Å². The minimum absolute atomic E-state index is 0.216. The molecule has 1 heterocycles. The number of aromatic nitrogens is 2. The molecule has 1 saturated carbocycles. The number of esters is 1. The molecule has 0 radical (unpaired) electrons. The van der Waals surface area contributed by atoms with E-state index >= 15 is 0 Å². The van der Waals surface area contributed by atoms with Gasteiger partial charge in [0.2, 0.25) is 0 Å². The first-order valence-corrected chi connectivity index (χ1v) is 10.5. The lowest BCUT2D eigenvalue weighted by molar-refractivity contribution is -0.143. The summed E-state index contributed by atoms with van der Waals surface area (Å²) >= 11 is 0. The third kappa shape index (κ3) is 4.66. The largest absolute Gasteiger partial charge is 0.456 e. The van der Waals surface area contributed by atoms with Crippen LogP contribution in [0, 0.1) is 0 Å². The van der Waals surface area contributed by atoms with E-state index in [1.807, 2.05) is 12.1 Å². The average molecular weight is 420 g/mol. The smallest absolute Gasteiger partial charge is 0.328 e. The van der Waals surface area contributed by atoms with E-state index in [0.717, 1.165) is 4.68 Å². The number of ether oxygens (including phenoxy) is 1. The Morgan fingerprint density at radius 1 is 0.935 bits per heavy atom. The molecule has 0 amide bonds. The molecule has 31 heavy (non-hydrogen) atoms. The van der Waals surface area contributed by atoms with Gasteiger partial charge in [0.15, 0.2) is 12.4 Å². The quantitative estimate of drug-likeness (QED) is 0.488. The summed E-state index contributed by atoms with van der Waals surface area (Å²) in [5, 5.41) is 2.84. The van der Waals surface area contributed by atoms with Crippen LogP contribution in [0.15, 0.2) is 58.1 Å². The van der Waals surface area contributed by atoms with Crippen LogP contribution in [0.2, 0.25) is 0 Å². The van der Waals surface area contributed by atoms with Crippen LogP contribution >= 0.6 is 0 Å². The molecule has 1 fully saturated rings. The number of H-pyrrole nitrogens is 1. The summed E-state index contributed by atoms with van der Waals surface area (Å²) in [5.74, 6) is -0.541. The fourth-order valence-corrected chi connectivity index (χ4v) is 4.14. The molecule has 1 N–H and O–H groups in total. The van der Waals surface area contributed by atoms with E-state index < -0.39 is 30.2 Å². The second-order valence-corrected chi connectivity index (χ2v) is 7.92. The second-order valence-electron chi connectivity index (χ2n) is 7.92. The molecule has 0 unspecified atom stereocenters. The normalized spacial score (nSPS) is 14.5. The first-order chi connectivity index (χ1) is 15.0. The Labute approximate surface area is 178 Å². The maximum absolute atomic E-state index is 12.5. The molecule has 0 aliphatic heterocycles. The van der Waals surface area contributed by atoms with Gasteiger partial charge >= 0.3 is 5.97 Å². The van der Waals surface area contributed by atoms with Crippen LogP contribution in [0.1, 0.15) is 53.9 Å². The van der Waals surface area contributed by atoms with Crippen molar-refractivity contribution in [2.24, 2.45) is 0 Å². The Balaban J connectivity index is 1.37. The first-order valence-electron chi connectivity index (χ1n) is 10.5. The molecule has 0 spiro atoms. The topological polar surface area (TPSA) is 98.2 Å². The molecular formula is C24H24N2O5. The predicted octanol–water partition coefficient (Wildman–Crippen LogP) is 3.16. The van der Waals surface area contributed by atoms with E-state index in [9.17, 15) is 19.2 Å². The van der Waals surface area contributed by atoms with Crippen molar-refractivity contribution in [3.63, 3.8) is 0 Å². The second kappa shape index (κ2) is 9.12. The molecule has 2 aromatic carbocycles. The average Bonchev–Trinajstić information content (AvgIpc) is 2.81. The van der Waals surface area contributed by atoms with Gasteiger partial charge < -0.3 is 4.74 Å². The van der Waals surface area contributed by atoms with Crippen LogP contribution in [-0.4, -0.2) is 28.1 Å². The van der Waals surface area contributed by atoms with E-state index in [0.29, 0.717) is 11.5 Å². The molecule has 160 valence electrons. The van der Waals surface area contributed by atoms with E-state index in [2.05, 4.69) is 5.10 Å². The van der Waals surface area contributed by atoms with Gasteiger partial charge in [0.05, 0.1) is 10.8 Å². The maximum Gasteiger partial charge on any atom is 0.328 e. The molecule has 7 heteroatoms. The molecule has 3 aromatic rings. The number of aromatic amines is 1. The third-order valence-corrected chi connectivity index (χ3v) is 5.84. The minimum Gasteiger partial charge on any atom is -0.456 e. The summed E-state index contributed by atoms with van der Waals surface area (Å²) in [4.78, 5) is 49.1. The van der Waals surface area contributed by atoms with Crippen LogP contribution in [0.3, 0.4) is 0 Å². The number of hydrogen-bond acceptors (Lipinski definition) is 5. The molecule has 1 aliphatic rings. The number of benzene rings is 2. The lowest BCUT2D eigenvalue weighted by atomic mass is 9.84. The van der Waals surface area contributed by atoms with Crippen LogP contribution in [-0.2, 0) is 16.1 Å². The highest BCUT2D eigenvalue weighted by Gasteiger charge is 2.17. The summed E-state index contributed by atoms with van der Waals surface area (Å²) in [5.41, 5.74) is 0.741. The first kappa shape index (κ1) is 20.8. The molecule has 0 bridgehead atoms. The van der Waals surface area contributed by atoms with Crippen molar-refractivity contribution >= 4 is 22.5 Å². The summed E-state index contributed by atoms with van der Waals surface area (Å²) in [6, 6.07) is 13.9. The van der Waals surface area contributed by atoms with Gasteiger partial charge in [0.1, 0.15) is 6.54 Å². The van der Waals surface area contributed by atoms with Crippen molar-refractivity contribution in [2.45, 2.75) is 44.6 Å². The fraction of sp³-hybridized carbons (Fsp3) is 0.333. The number of hydrogen-bond donors (Lipinski definition) is 1. The maximum atomic E-state index is 12.5. The molecule has 0 atom stereocenters. The zero-order valence-corrected chi connectivity index (χ0v) is 17.1. The van der Waals surface area contributed by atoms with Crippen molar-refractivity contribution in [1.82, 2.24) is 9.78 Å². The fourth-order valence-electron chi connectivity index (χ4n) is 4.14. The minimum atomic E-state index is -0.778. The van der Waals surface area contributed by atoms with Gasteiger partial charge in [-0.1, -0.05) is 55.7 Å². The van der Waals surface area contributed by atoms with Crippen molar-refractivity contribution in [2.75, 3.05) is 6.61 Å². The van der Waals surface area contributed by atoms with Crippen LogP contribution in [0.5, 0.6) is 0 Å². The van der Waals surface area contributed by atoms with Gasteiger partial charge in [-0.2, -0.15) is 0 Å². The number of rotatable bonds is 6. The molecule has 7 nitrogen and oxygen atoms in total. The van der Waals surface area contributed by atoms with Gasteiger partial charge in [-0.25, -0.2) is 4.68 Å². The van der Waals surface area contributed by atoms with Gasteiger partial charge in [-0.05, 0) is 36.5 Å². The van der Waals surface area contributed by atoms with Crippen molar-refractivity contribution in [3.05, 3.63) is 80.4 Å². The predicted molar refractivity (Wildman–Crippen MR) is 116 cm³/mol. The molecule has 1 aliphatic carbocycles. The van der Waals surface area contributed by atoms with Gasteiger partial charge in [-0.15, -0.1) is 0 Å². The van der Waals surface area contributed by atoms with Crippen LogP contribution < -0.4 is 11.1 Å². The standard InChI is InChI=1S/C24H24N2O5/c27-21(18-12-10-17(11-13-18)16-6-2-1-3-7-16)15-31-22(28)14-26-24(30)20-9-5-4-8-19(20)23(29)25-26/h4-5,8-13,16H,1-3,6-7,14-15H2,(H,25,29). The zero-order chi connectivity index (χ0) is 21.8. The van der Waals surface area contributed by atoms with Gasteiger partial charge in [-0.3, -0.25) is 24.3 Å².